The van der Waals surface area contributed by atoms with Gasteiger partial charge in [-0.1, -0.05) is 30.1 Å². The van der Waals surface area contributed by atoms with Crippen molar-refractivity contribution in [2.45, 2.75) is 26.3 Å². The molecule has 1 aromatic carbocycles. The van der Waals surface area contributed by atoms with Gasteiger partial charge in [0.25, 0.3) is 0 Å². The number of hydrogen-bond acceptors (Lipinski definition) is 3. The highest BCUT2D eigenvalue weighted by Gasteiger charge is 2.07. The Morgan fingerprint density at radius 1 is 1.42 bits per heavy atom. The van der Waals surface area contributed by atoms with Crippen LogP contribution in [0.5, 0.6) is 5.75 Å². The predicted octanol–water partition coefficient (Wildman–Crippen LogP) is 3.64. The van der Waals surface area contributed by atoms with Crippen LogP contribution in [0.2, 0.25) is 10.0 Å². The zero-order chi connectivity index (χ0) is 14.3. The van der Waals surface area contributed by atoms with Crippen LogP contribution in [0.3, 0.4) is 0 Å². The van der Waals surface area contributed by atoms with Crippen LogP contribution < -0.4 is 10.1 Å². The number of hydrogen-bond donors (Lipinski definition) is 1. The number of nitriles is 1. The quantitative estimate of drug-likeness (QED) is 0.391. The monoisotopic (exact) mass is 299 g/mol. The van der Waals surface area contributed by atoms with Crippen molar-refractivity contribution in [1.29, 1.82) is 5.26 Å². The summed E-state index contributed by atoms with van der Waals surface area (Å²) >= 11 is 11.8. The largest absolute Gasteiger partial charge is 0.491 e. The molecular formula is C13H15Cl2N3O. The van der Waals surface area contributed by atoms with Crippen molar-refractivity contribution in [2.24, 2.45) is 4.99 Å². The second-order valence-electron chi connectivity index (χ2n) is 3.93. The molecule has 0 heterocycles. The van der Waals surface area contributed by atoms with Crippen molar-refractivity contribution in [2.75, 3.05) is 6.61 Å². The molecule has 1 rings (SSSR count). The summed E-state index contributed by atoms with van der Waals surface area (Å²) in [7, 11) is 0. The molecular weight excluding hydrogens is 285 g/mol. The van der Waals surface area contributed by atoms with E-state index in [0.717, 1.165) is 6.42 Å². The Labute approximate surface area is 123 Å². The topological polar surface area (TPSA) is 57.4 Å². The van der Waals surface area contributed by atoms with Gasteiger partial charge in [-0.2, -0.15) is 5.26 Å². The number of halogens is 2. The molecule has 0 aliphatic rings. The Morgan fingerprint density at radius 3 is 2.58 bits per heavy atom. The molecule has 19 heavy (non-hydrogen) atoms. The van der Waals surface area contributed by atoms with E-state index in [0.29, 0.717) is 28.2 Å². The van der Waals surface area contributed by atoms with Crippen molar-refractivity contribution >= 4 is 29.0 Å². The molecule has 0 amide bonds. The van der Waals surface area contributed by atoms with E-state index in [1.807, 2.05) is 13.1 Å². The van der Waals surface area contributed by atoms with Gasteiger partial charge < -0.3 is 4.74 Å². The lowest BCUT2D eigenvalue weighted by atomic mass is 10.2. The van der Waals surface area contributed by atoms with Crippen LogP contribution in [0, 0.1) is 11.5 Å². The Morgan fingerprint density at radius 2 is 2.05 bits per heavy atom. The minimum atomic E-state index is -0.0291. The summed E-state index contributed by atoms with van der Waals surface area (Å²) in [6, 6.07) is 5.01. The minimum absolute atomic E-state index is 0.0291. The van der Waals surface area contributed by atoms with E-state index in [1.165, 1.54) is 0 Å². The highest BCUT2D eigenvalue weighted by atomic mass is 35.5. The molecule has 0 aliphatic heterocycles. The molecule has 6 heteroatoms. The fraction of sp³-hybridized carbons (Fsp3) is 0.385. The van der Waals surface area contributed by atoms with Crippen LogP contribution in [0.15, 0.2) is 23.2 Å². The van der Waals surface area contributed by atoms with Crippen molar-refractivity contribution in [3.63, 3.8) is 0 Å². The lowest BCUT2D eigenvalue weighted by molar-refractivity contribution is 0.286. The summed E-state index contributed by atoms with van der Waals surface area (Å²) in [5, 5.41) is 12.0. The Balaban J connectivity index is 2.63. The number of benzene rings is 1. The number of nitrogens with zero attached hydrogens (tertiary/aromatic N) is 2. The minimum Gasteiger partial charge on any atom is -0.491 e. The van der Waals surface area contributed by atoms with Gasteiger partial charge in [0.1, 0.15) is 18.2 Å². The van der Waals surface area contributed by atoms with Gasteiger partial charge >= 0.3 is 0 Å². The normalized spacial score (nSPS) is 12.7. The van der Waals surface area contributed by atoms with E-state index in [4.69, 9.17) is 33.2 Å². The maximum Gasteiger partial charge on any atom is 0.182 e. The maximum absolute atomic E-state index is 8.49. The van der Waals surface area contributed by atoms with Crippen LogP contribution in [-0.4, -0.2) is 18.5 Å². The number of ether oxygens (including phenoxy) is 1. The van der Waals surface area contributed by atoms with Gasteiger partial charge in [-0.25, -0.2) is 0 Å². The van der Waals surface area contributed by atoms with Gasteiger partial charge in [0, 0.05) is 10.0 Å². The van der Waals surface area contributed by atoms with Crippen LogP contribution in [0.25, 0.3) is 0 Å². The SMILES string of the molecule is CC[C@@H](COc1cc(Cl)cc(Cl)c1)N=C(C)NC#N. The van der Waals surface area contributed by atoms with Crippen molar-refractivity contribution < 1.29 is 4.74 Å². The summed E-state index contributed by atoms with van der Waals surface area (Å²) in [6.07, 6.45) is 2.63. The first-order valence-corrected chi connectivity index (χ1v) is 6.59. The number of aliphatic imine (C=N–C) groups is 1. The lowest BCUT2D eigenvalue weighted by Gasteiger charge is -2.13. The summed E-state index contributed by atoms with van der Waals surface area (Å²) in [4.78, 5) is 4.34. The second kappa shape index (κ2) is 7.88. The molecule has 0 spiro atoms. The van der Waals surface area contributed by atoms with E-state index in [9.17, 15) is 0 Å². The third-order valence-electron chi connectivity index (χ3n) is 2.36. The smallest absolute Gasteiger partial charge is 0.182 e. The van der Waals surface area contributed by atoms with Crippen molar-refractivity contribution in [1.82, 2.24) is 5.32 Å². The molecule has 0 saturated heterocycles. The fourth-order valence-corrected chi connectivity index (χ4v) is 1.94. The number of rotatable bonds is 5. The Hall–Kier alpha value is -1.44. The highest BCUT2D eigenvalue weighted by molar-refractivity contribution is 6.34. The molecule has 0 fully saturated rings. The van der Waals surface area contributed by atoms with Gasteiger partial charge in [0.2, 0.25) is 0 Å². The first-order chi connectivity index (χ1) is 9.05. The van der Waals surface area contributed by atoms with Crippen molar-refractivity contribution in [3.8, 4) is 11.9 Å². The lowest BCUT2D eigenvalue weighted by Crippen LogP contribution is -2.21. The predicted molar refractivity (Wildman–Crippen MR) is 77.9 cm³/mol. The molecule has 1 N–H and O–H groups in total. The summed E-state index contributed by atoms with van der Waals surface area (Å²) in [5.41, 5.74) is 0. The van der Waals surface area contributed by atoms with E-state index < -0.39 is 0 Å². The molecule has 1 atom stereocenters. The van der Waals surface area contributed by atoms with Gasteiger partial charge in [-0.05, 0) is 31.5 Å². The van der Waals surface area contributed by atoms with Crippen LogP contribution in [0.1, 0.15) is 20.3 Å². The summed E-state index contributed by atoms with van der Waals surface area (Å²) in [6.45, 7) is 4.14. The Bertz CT molecular complexity index is 477. The van der Waals surface area contributed by atoms with Crippen LogP contribution in [0.4, 0.5) is 0 Å². The van der Waals surface area contributed by atoms with Gasteiger partial charge in [0.05, 0.1) is 6.04 Å². The van der Waals surface area contributed by atoms with Crippen molar-refractivity contribution in [3.05, 3.63) is 28.2 Å². The molecule has 0 aliphatic carbocycles. The molecule has 0 unspecified atom stereocenters. The zero-order valence-electron chi connectivity index (χ0n) is 10.8. The fourth-order valence-electron chi connectivity index (χ4n) is 1.44. The van der Waals surface area contributed by atoms with E-state index in [1.54, 1.807) is 25.1 Å². The first-order valence-electron chi connectivity index (χ1n) is 5.83. The maximum atomic E-state index is 8.49. The number of amidine groups is 1. The third-order valence-corrected chi connectivity index (χ3v) is 2.80. The molecule has 0 bridgehead atoms. The standard InChI is InChI=1S/C13H15Cl2N3O/c1-3-12(18-9(2)17-8-16)7-19-13-5-10(14)4-11(15)6-13/h4-6,12H,3,7H2,1-2H3,(H,17,18)/t12-/m0/s1. The van der Waals surface area contributed by atoms with E-state index in [2.05, 4.69) is 10.3 Å². The summed E-state index contributed by atoms with van der Waals surface area (Å²) in [5.74, 6) is 1.18. The average Bonchev–Trinajstić information content (AvgIpc) is 2.33. The molecule has 0 aromatic heterocycles. The zero-order valence-corrected chi connectivity index (χ0v) is 12.3. The summed E-state index contributed by atoms with van der Waals surface area (Å²) < 4.78 is 5.61. The van der Waals surface area contributed by atoms with E-state index >= 15 is 0 Å². The highest BCUT2D eigenvalue weighted by Crippen LogP contribution is 2.24. The number of nitrogens with one attached hydrogen (secondary N) is 1. The van der Waals surface area contributed by atoms with Crippen LogP contribution in [-0.2, 0) is 0 Å². The second-order valence-corrected chi connectivity index (χ2v) is 4.80. The van der Waals surface area contributed by atoms with E-state index in [-0.39, 0.29) is 6.04 Å². The third kappa shape index (κ3) is 5.82. The molecule has 1 aromatic rings. The Kier molecular flexibility index (Phi) is 6.48. The molecule has 0 radical (unpaired) electrons. The molecule has 102 valence electrons. The average molecular weight is 300 g/mol. The molecule has 0 saturated carbocycles. The van der Waals surface area contributed by atoms with Gasteiger partial charge in [-0.3, -0.25) is 10.3 Å². The first kappa shape index (κ1) is 15.6. The van der Waals surface area contributed by atoms with Gasteiger partial charge in [0.15, 0.2) is 6.19 Å². The van der Waals surface area contributed by atoms with Crippen LogP contribution >= 0.6 is 23.2 Å². The van der Waals surface area contributed by atoms with Gasteiger partial charge in [-0.15, -0.1) is 0 Å². The molecule has 4 nitrogen and oxygen atoms in total.